The molecule has 0 unspecified atom stereocenters. The molecule has 34 heavy (non-hydrogen) atoms. The average molecular weight is 481 g/mol. The van der Waals surface area contributed by atoms with E-state index in [-0.39, 0.29) is 5.56 Å². The molecule has 0 spiro atoms. The number of benzene rings is 1. The molecule has 0 saturated heterocycles. The number of nitrogens with one attached hydrogen (secondary N) is 1. The SMILES string of the molecule is CCN(CC)CCOc1ccc2cc(-n3ccc(OCC4=CC=C(Cl)CN4)cc3=O)ccc2n1. The molecule has 1 aromatic carbocycles. The van der Waals surface area contributed by atoms with Crippen LogP contribution in [0.4, 0.5) is 0 Å². The fraction of sp³-hybridized carbons (Fsp3) is 0.308. The maximum Gasteiger partial charge on any atom is 0.258 e. The van der Waals surface area contributed by atoms with Crippen molar-refractivity contribution in [1.29, 1.82) is 0 Å². The topological polar surface area (TPSA) is 68.6 Å². The van der Waals surface area contributed by atoms with Gasteiger partial charge >= 0.3 is 0 Å². The molecule has 1 aliphatic heterocycles. The summed E-state index contributed by atoms with van der Waals surface area (Å²) in [4.78, 5) is 19.6. The molecular weight excluding hydrogens is 452 g/mol. The Morgan fingerprint density at radius 3 is 2.68 bits per heavy atom. The van der Waals surface area contributed by atoms with Crippen molar-refractivity contribution in [2.75, 3.05) is 39.4 Å². The summed E-state index contributed by atoms with van der Waals surface area (Å²) in [6.45, 7) is 8.67. The molecule has 0 atom stereocenters. The van der Waals surface area contributed by atoms with Gasteiger partial charge in [0.2, 0.25) is 5.88 Å². The third-order valence-corrected chi connectivity index (χ3v) is 5.97. The summed E-state index contributed by atoms with van der Waals surface area (Å²) in [6, 6.07) is 12.8. The first kappa shape index (κ1) is 23.9. The van der Waals surface area contributed by atoms with Crippen molar-refractivity contribution in [2.45, 2.75) is 13.8 Å². The second kappa shape index (κ2) is 11.2. The molecule has 4 rings (SSSR count). The molecule has 3 heterocycles. The number of hydrogen-bond acceptors (Lipinski definition) is 6. The van der Waals surface area contributed by atoms with E-state index in [0.29, 0.717) is 31.4 Å². The van der Waals surface area contributed by atoms with Crippen LogP contribution in [0.3, 0.4) is 0 Å². The van der Waals surface area contributed by atoms with Gasteiger partial charge in [0.05, 0.1) is 12.1 Å². The highest BCUT2D eigenvalue weighted by atomic mass is 35.5. The first-order valence-electron chi connectivity index (χ1n) is 11.5. The van der Waals surface area contributed by atoms with Crippen LogP contribution < -0.4 is 20.3 Å². The second-order valence-corrected chi connectivity index (χ2v) is 8.41. The summed E-state index contributed by atoms with van der Waals surface area (Å²) in [5.41, 5.74) is 2.32. The lowest BCUT2D eigenvalue weighted by atomic mass is 10.2. The zero-order chi connectivity index (χ0) is 23.9. The molecule has 0 bridgehead atoms. The van der Waals surface area contributed by atoms with Crippen molar-refractivity contribution >= 4 is 22.5 Å². The lowest BCUT2D eigenvalue weighted by Gasteiger charge is -2.17. The Bertz CT molecular complexity index is 1260. The minimum atomic E-state index is -0.172. The lowest BCUT2D eigenvalue weighted by Crippen LogP contribution is -2.28. The molecule has 8 heteroatoms. The van der Waals surface area contributed by atoms with Crippen LogP contribution in [0, 0.1) is 0 Å². The zero-order valence-corrected chi connectivity index (χ0v) is 20.2. The third-order valence-electron chi connectivity index (χ3n) is 5.71. The van der Waals surface area contributed by atoms with E-state index in [1.54, 1.807) is 16.8 Å². The van der Waals surface area contributed by atoms with Crippen LogP contribution in [0.2, 0.25) is 0 Å². The third kappa shape index (κ3) is 5.98. The standard InChI is InChI=1S/C26H29ClN4O3/c1-3-30(4-2)13-14-33-25-10-5-19-15-22(8-9-24(19)29-25)31-12-11-23(16-26(31)32)34-18-21-7-6-20(27)17-28-21/h5-12,15-16,28H,3-4,13-14,17-18H2,1-2H3. The van der Waals surface area contributed by atoms with Crippen LogP contribution in [-0.2, 0) is 0 Å². The van der Waals surface area contributed by atoms with Gasteiger partial charge < -0.3 is 19.7 Å². The van der Waals surface area contributed by atoms with Gasteiger partial charge in [-0.3, -0.25) is 9.36 Å². The van der Waals surface area contributed by atoms with Crippen LogP contribution >= 0.6 is 11.6 Å². The van der Waals surface area contributed by atoms with Gasteiger partial charge in [-0.05, 0) is 55.6 Å². The number of likely N-dealkylation sites (N-methyl/N-ethyl adjacent to an activating group) is 1. The van der Waals surface area contributed by atoms with Crippen LogP contribution in [0.5, 0.6) is 11.6 Å². The smallest absolute Gasteiger partial charge is 0.258 e. The number of ether oxygens (including phenoxy) is 2. The molecule has 2 aromatic heterocycles. The number of halogens is 1. The van der Waals surface area contributed by atoms with Crippen LogP contribution in [0.1, 0.15) is 13.8 Å². The van der Waals surface area contributed by atoms with E-state index < -0.39 is 0 Å². The number of allylic oxidation sites excluding steroid dienone is 2. The second-order valence-electron chi connectivity index (χ2n) is 7.92. The Morgan fingerprint density at radius 1 is 1.09 bits per heavy atom. The monoisotopic (exact) mass is 480 g/mol. The number of fused-ring (bicyclic) bond motifs is 1. The van der Waals surface area contributed by atoms with E-state index in [1.807, 2.05) is 42.5 Å². The van der Waals surface area contributed by atoms with Gasteiger partial charge in [-0.1, -0.05) is 25.4 Å². The summed E-state index contributed by atoms with van der Waals surface area (Å²) in [5.74, 6) is 1.12. The maximum absolute atomic E-state index is 12.7. The molecule has 1 aliphatic rings. The molecule has 0 amide bonds. The van der Waals surface area contributed by atoms with Gasteiger partial charge in [0.25, 0.3) is 5.56 Å². The van der Waals surface area contributed by atoms with E-state index >= 15 is 0 Å². The van der Waals surface area contributed by atoms with Gasteiger partial charge in [-0.2, -0.15) is 0 Å². The lowest BCUT2D eigenvalue weighted by molar-refractivity contribution is 0.218. The Kier molecular flexibility index (Phi) is 7.87. The van der Waals surface area contributed by atoms with Gasteiger partial charge in [0.15, 0.2) is 0 Å². The highest BCUT2D eigenvalue weighted by molar-refractivity contribution is 6.30. The van der Waals surface area contributed by atoms with Crippen LogP contribution in [-0.4, -0.2) is 53.8 Å². The summed E-state index contributed by atoms with van der Waals surface area (Å²) >= 11 is 5.94. The zero-order valence-electron chi connectivity index (χ0n) is 19.5. The summed E-state index contributed by atoms with van der Waals surface area (Å²) < 4.78 is 13.2. The predicted octanol–water partition coefficient (Wildman–Crippen LogP) is 4.09. The molecule has 0 saturated carbocycles. The van der Waals surface area contributed by atoms with Gasteiger partial charge in [-0.25, -0.2) is 4.98 Å². The molecule has 1 N–H and O–H groups in total. The van der Waals surface area contributed by atoms with E-state index in [1.165, 1.54) is 6.07 Å². The van der Waals surface area contributed by atoms with E-state index in [9.17, 15) is 4.79 Å². The number of rotatable bonds is 10. The highest BCUT2D eigenvalue weighted by Crippen LogP contribution is 2.20. The largest absolute Gasteiger partial charge is 0.487 e. The Morgan fingerprint density at radius 2 is 1.94 bits per heavy atom. The van der Waals surface area contributed by atoms with Crippen molar-refractivity contribution in [3.8, 4) is 17.3 Å². The molecule has 178 valence electrons. The van der Waals surface area contributed by atoms with Gasteiger partial charge in [0, 0.05) is 46.7 Å². The minimum absolute atomic E-state index is 0.172. The fourth-order valence-corrected chi connectivity index (χ4v) is 3.80. The quantitative estimate of drug-likeness (QED) is 0.471. The minimum Gasteiger partial charge on any atom is -0.487 e. The van der Waals surface area contributed by atoms with Crippen molar-refractivity contribution in [1.82, 2.24) is 19.8 Å². The number of pyridine rings is 2. The molecule has 0 radical (unpaired) electrons. The van der Waals surface area contributed by atoms with E-state index in [2.05, 4.69) is 29.0 Å². The summed E-state index contributed by atoms with van der Waals surface area (Å²) in [7, 11) is 0. The molecule has 0 fully saturated rings. The first-order chi connectivity index (χ1) is 16.6. The molecule has 7 nitrogen and oxygen atoms in total. The van der Waals surface area contributed by atoms with Crippen molar-refractivity contribution < 1.29 is 9.47 Å². The summed E-state index contributed by atoms with van der Waals surface area (Å²) in [6.07, 6.45) is 5.43. The fourth-order valence-electron chi connectivity index (χ4n) is 3.67. The van der Waals surface area contributed by atoms with Crippen LogP contribution in [0.25, 0.3) is 16.6 Å². The number of aromatic nitrogens is 2. The molecule has 0 aliphatic carbocycles. The van der Waals surface area contributed by atoms with Crippen molar-refractivity contribution in [2.24, 2.45) is 0 Å². The Balaban J connectivity index is 1.43. The number of hydrogen-bond donors (Lipinski definition) is 1. The van der Waals surface area contributed by atoms with Gasteiger partial charge in [0.1, 0.15) is 19.0 Å². The Labute approximate surface area is 204 Å². The van der Waals surface area contributed by atoms with Crippen molar-refractivity contribution in [3.63, 3.8) is 0 Å². The van der Waals surface area contributed by atoms with E-state index in [4.69, 9.17) is 21.1 Å². The molecule has 3 aromatic rings. The maximum atomic E-state index is 12.7. The van der Waals surface area contributed by atoms with Gasteiger partial charge in [-0.15, -0.1) is 0 Å². The Hall–Kier alpha value is -3.29. The average Bonchev–Trinajstić information content (AvgIpc) is 2.86. The normalized spacial score (nSPS) is 13.4. The van der Waals surface area contributed by atoms with E-state index in [0.717, 1.165) is 47.0 Å². The van der Waals surface area contributed by atoms with Crippen molar-refractivity contribution in [3.05, 3.63) is 81.9 Å². The number of nitrogens with zero attached hydrogens (tertiary/aromatic N) is 3. The predicted molar refractivity (Wildman–Crippen MR) is 136 cm³/mol. The van der Waals surface area contributed by atoms with Crippen LogP contribution in [0.15, 0.2) is 76.3 Å². The highest BCUT2D eigenvalue weighted by Gasteiger charge is 2.08. The first-order valence-corrected chi connectivity index (χ1v) is 11.8. The molecular formula is C26H29ClN4O3. The number of dihydropyridines is 1. The summed E-state index contributed by atoms with van der Waals surface area (Å²) in [5, 5.41) is 4.85.